The first-order chi connectivity index (χ1) is 8.06. The fourth-order valence-electron chi connectivity index (χ4n) is 2.24. The minimum Gasteiger partial charge on any atom is -0.378 e. The van der Waals surface area contributed by atoms with Crippen molar-refractivity contribution in [1.29, 1.82) is 0 Å². The van der Waals surface area contributed by atoms with Gasteiger partial charge in [0.2, 0.25) is 0 Å². The molecule has 0 aliphatic carbocycles. The Bertz CT molecular complexity index is 332. The maximum atomic E-state index is 5.96. The van der Waals surface area contributed by atoms with Crippen molar-refractivity contribution < 1.29 is 0 Å². The molecule has 17 heavy (non-hydrogen) atoms. The topological polar surface area (TPSA) is 29.3 Å². The lowest BCUT2D eigenvalue weighted by atomic mass is 9.77. The van der Waals surface area contributed by atoms with Crippen LogP contribution in [0.5, 0.6) is 0 Å². The third-order valence-electron chi connectivity index (χ3n) is 3.94. The zero-order chi connectivity index (χ0) is 12.9. The summed E-state index contributed by atoms with van der Waals surface area (Å²) in [5.41, 5.74) is 8.89. The van der Waals surface area contributed by atoms with Crippen molar-refractivity contribution in [3.8, 4) is 0 Å². The molecule has 0 radical (unpaired) electrons. The van der Waals surface area contributed by atoms with Crippen molar-refractivity contribution in [1.82, 2.24) is 0 Å². The van der Waals surface area contributed by atoms with Crippen molar-refractivity contribution in [2.45, 2.75) is 33.1 Å². The largest absolute Gasteiger partial charge is 0.378 e. The number of rotatable bonds is 6. The summed E-state index contributed by atoms with van der Waals surface area (Å²) in [6, 6.07) is 8.77. The van der Waals surface area contributed by atoms with Crippen LogP contribution in [-0.4, -0.2) is 20.6 Å². The number of benzene rings is 1. The van der Waals surface area contributed by atoms with E-state index in [0.29, 0.717) is 0 Å². The maximum absolute atomic E-state index is 5.96. The molecule has 0 unspecified atom stereocenters. The van der Waals surface area contributed by atoms with Crippen LogP contribution in [0, 0.1) is 5.41 Å². The highest BCUT2D eigenvalue weighted by Gasteiger charge is 2.24. The first-order valence-electron chi connectivity index (χ1n) is 6.53. The molecule has 0 atom stereocenters. The highest BCUT2D eigenvalue weighted by molar-refractivity contribution is 5.47. The van der Waals surface area contributed by atoms with Gasteiger partial charge in [0, 0.05) is 19.8 Å². The normalized spacial score (nSPS) is 11.6. The van der Waals surface area contributed by atoms with Crippen LogP contribution in [0.2, 0.25) is 0 Å². The molecule has 0 saturated carbocycles. The minimum atomic E-state index is 0.269. The van der Waals surface area contributed by atoms with E-state index >= 15 is 0 Å². The van der Waals surface area contributed by atoms with E-state index in [9.17, 15) is 0 Å². The summed E-state index contributed by atoms with van der Waals surface area (Å²) in [7, 11) is 4.16. The Kier molecular flexibility index (Phi) is 5.01. The van der Waals surface area contributed by atoms with E-state index in [-0.39, 0.29) is 5.41 Å². The van der Waals surface area contributed by atoms with Crippen LogP contribution in [0.25, 0.3) is 0 Å². The molecular weight excluding hydrogens is 208 g/mol. The predicted molar refractivity (Wildman–Crippen MR) is 76.5 cm³/mol. The van der Waals surface area contributed by atoms with E-state index < -0.39 is 0 Å². The second-order valence-electron chi connectivity index (χ2n) is 5.15. The van der Waals surface area contributed by atoms with Crippen molar-refractivity contribution in [2.75, 3.05) is 25.5 Å². The smallest absolute Gasteiger partial charge is 0.0363 e. The van der Waals surface area contributed by atoms with Gasteiger partial charge >= 0.3 is 0 Å². The average molecular weight is 234 g/mol. The molecular formula is C15H26N2. The number of nitrogens with zero attached hydrogens (tertiary/aromatic N) is 1. The SMILES string of the molecule is CCC(CC)(CN)Cc1cccc(N(C)C)c1. The van der Waals surface area contributed by atoms with E-state index in [4.69, 9.17) is 5.73 Å². The van der Waals surface area contributed by atoms with Gasteiger partial charge < -0.3 is 10.6 Å². The molecule has 96 valence electrons. The third kappa shape index (κ3) is 3.47. The highest BCUT2D eigenvalue weighted by Crippen LogP contribution is 2.30. The zero-order valence-electron chi connectivity index (χ0n) is 11.7. The number of hydrogen-bond donors (Lipinski definition) is 1. The fraction of sp³-hybridized carbons (Fsp3) is 0.600. The first-order valence-corrected chi connectivity index (χ1v) is 6.53. The molecule has 1 aromatic carbocycles. The molecule has 0 fully saturated rings. The minimum absolute atomic E-state index is 0.269. The standard InChI is InChI=1S/C15H26N2/c1-5-15(6-2,12-16)11-13-8-7-9-14(10-13)17(3)4/h7-10H,5-6,11-12,16H2,1-4H3. The quantitative estimate of drug-likeness (QED) is 0.819. The van der Waals surface area contributed by atoms with E-state index in [0.717, 1.165) is 25.8 Å². The lowest BCUT2D eigenvalue weighted by Crippen LogP contribution is -2.31. The summed E-state index contributed by atoms with van der Waals surface area (Å²) in [4.78, 5) is 2.14. The number of hydrogen-bond acceptors (Lipinski definition) is 2. The zero-order valence-corrected chi connectivity index (χ0v) is 11.7. The van der Waals surface area contributed by atoms with Crippen LogP contribution >= 0.6 is 0 Å². The van der Waals surface area contributed by atoms with Gasteiger partial charge in [0.15, 0.2) is 0 Å². The van der Waals surface area contributed by atoms with Gasteiger partial charge in [-0.15, -0.1) is 0 Å². The Morgan fingerprint density at radius 3 is 2.29 bits per heavy atom. The summed E-state index contributed by atoms with van der Waals surface area (Å²) < 4.78 is 0. The van der Waals surface area contributed by atoms with E-state index in [1.54, 1.807) is 0 Å². The van der Waals surface area contributed by atoms with Gasteiger partial charge in [-0.05, 0) is 48.9 Å². The number of anilines is 1. The van der Waals surface area contributed by atoms with Crippen molar-refractivity contribution in [3.63, 3.8) is 0 Å². The summed E-state index contributed by atoms with van der Waals surface area (Å²) in [6.07, 6.45) is 3.37. The van der Waals surface area contributed by atoms with Gasteiger partial charge in [-0.1, -0.05) is 26.0 Å². The second kappa shape index (κ2) is 6.06. The van der Waals surface area contributed by atoms with Crippen molar-refractivity contribution in [2.24, 2.45) is 11.1 Å². The summed E-state index contributed by atoms with van der Waals surface area (Å²) in [6.45, 7) is 5.25. The summed E-state index contributed by atoms with van der Waals surface area (Å²) in [5, 5.41) is 0. The molecule has 1 aromatic rings. The monoisotopic (exact) mass is 234 g/mol. The summed E-state index contributed by atoms with van der Waals surface area (Å²) >= 11 is 0. The van der Waals surface area contributed by atoms with E-state index in [1.165, 1.54) is 11.3 Å². The molecule has 0 amide bonds. The fourth-order valence-corrected chi connectivity index (χ4v) is 2.24. The van der Waals surface area contributed by atoms with Crippen LogP contribution in [0.1, 0.15) is 32.3 Å². The molecule has 0 aliphatic heterocycles. The number of nitrogens with two attached hydrogens (primary N) is 1. The Hall–Kier alpha value is -1.02. The first kappa shape index (κ1) is 14.0. The van der Waals surface area contributed by atoms with Crippen LogP contribution in [-0.2, 0) is 6.42 Å². The van der Waals surface area contributed by atoms with Crippen LogP contribution in [0.15, 0.2) is 24.3 Å². The van der Waals surface area contributed by atoms with E-state index in [2.05, 4.69) is 57.1 Å². The van der Waals surface area contributed by atoms with Crippen LogP contribution < -0.4 is 10.6 Å². The predicted octanol–water partition coefficient (Wildman–Crippen LogP) is 3.06. The Morgan fingerprint density at radius 2 is 1.82 bits per heavy atom. The maximum Gasteiger partial charge on any atom is 0.0363 e. The molecule has 1 rings (SSSR count). The molecule has 0 heterocycles. The van der Waals surface area contributed by atoms with Gasteiger partial charge in [0.05, 0.1) is 0 Å². The van der Waals surface area contributed by atoms with Gasteiger partial charge in [0.1, 0.15) is 0 Å². The van der Waals surface area contributed by atoms with E-state index in [1.807, 2.05) is 0 Å². The molecule has 0 spiro atoms. The Morgan fingerprint density at radius 1 is 1.18 bits per heavy atom. The van der Waals surface area contributed by atoms with Crippen LogP contribution in [0.3, 0.4) is 0 Å². The molecule has 2 heteroatoms. The van der Waals surface area contributed by atoms with Gasteiger partial charge in [0.25, 0.3) is 0 Å². The molecule has 0 bridgehead atoms. The average Bonchev–Trinajstić information content (AvgIpc) is 2.36. The second-order valence-corrected chi connectivity index (χ2v) is 5.15. The highest BCUT2D eigenvalue weighted by atomic mass is 15.1. The van der Waals surface area contributed by atoms with Gasteiger partial charge in [-0.25, -0.2) is 0 Å². The Labute approximate surface area is 106 Å². The third-order valence-corrected chi connectivity index (χ3v) is 3.94. The lowest BCUT2D eigenvalue weighted by Gasteiger charge is -2.30. The molecule has 0 aromatic heterocycles. The molecule has 2 nitrogen and oxygen atoms in total. The van der Waals surface area contributed by atoms with Crippen molar-refractivity contribution >= 4 is 5.69 Å². The molecule has 0 aliphatic rings. The lowest BCUT2D eigenvalue weighted by molar-refractivity contribution is 0.271. The Balaban J connectivity index is 2.90. The molecule has 0 saturated heterocycles. The summed E-state index contributed by atoms with van der Waals surface area (Å²) in [5.74, 6) is 0. The molecule has 2 N–H and O–H groups in total. The van der Waals surface area contributed by atoms with Crippen LogP contribution in [0.4, 0.5) is 5.69 Å². The van der Waals surface area contributed by atoms with Gasteiger partial charge in [-0.2, -0.15) is 0 Å². The van der Waals surface area contributed by atoms with Crippen molar-refractivity contribution in [3.05, 3.63) is 29.8 Å². The van der Waals surface area contributed by atoms with Gasteiger partial charge in [-0.3, -0.25) is 0 Å².